The molecular weight excluding hydrogens is 192 g/mol. The monoisotopic (exact) mass is 208 g/mol. The number of carbonyl (C=O) groups is 1. The van der Waals surface area contributed by atoms with Crippen molar-refractivity contribution in [2.45, 2.75) is 26.5 Å². The van der Waals surface area contributed by atoms with Crippen LogP contribution in [-0.4, -0.2) is 17.0 Å². The summed E-state index contributed by atoms with van der Waals surface area (Å²) < 4.78 is 5.02. The zero-order chi connectivity index (χ0) is 11.3. The van der Waals surface area contributed by atoms with Gasteiger partial charge in [-0.1, -0.05) is 19.9 Å². The first-order chi connectivity index (χ1) is 7.11. The molecule has 0 fully saturated rings. The van der Waals surface area contributed by atoms with Crippen LogP contribution in [-0.2, 0) is 16.1 Å². The molecule has 0 bridgehead atoms. The van der Waals surface area contributed by atoms with Gasteiger partial charge in [0.2, 0.25) is 0 Å². The third kappa shape index (κ3) is 3.67. The predicted octanol–water partition coefficient (Wildman–Crippen LogP) is 1.11. The molecule has 0 saturated carbocycles. The summed E-state index contributed by atoms with van der Waals surface area (Å²) in [5.74, 6) is -0.295. The van der Waals surface area contributed by atoms with Crippen LogP contribution >= 0.6 is 0 Å². The van der Waals surface area contributed by atoms with Gasteiger partial charge in [-0.15, -0.1) is 0 Å². The fourth-order valence-corrected chi connectivity index (χ4v) is 0.997. The summed E-state index contributed by atoms with van der Waals surface area (Å²) in [6.07, 6.45) is 1.66. The van der Waals surface area contributed by atoms with Gasteiger partial charge in [-0.3, -0.25) is 9.78 Å². The van der Waals surface area contributed by atoms with E-state index < -0.39 is 6.04 Å². The Morgan fingerprint density at radius 1 is 1.53 bits per heavy atom. The Kier molecular flexibility index (Phi) is 4.24. The second-order valence-corrected chi connectivity index (χ2v) is 3.70. The maximum atomic E-state index is 11.4. The van der Waals surface area contributed by atoms with Gasteiger partial charge in [-0.25, -0.2) is 0 Å². The highest BCUT2D eigenvalue weighted by Gasteiger charge is 2.18. The van der Waals surface area contributed by atoms with Gasteiger partial charge in [0.1, 0.15) is 12.6 Å². The Bertz CT molecular complexity index is 312. The van der Waals surface area contributed by atoms with Crippen molar-refractivity contribution in [1.29, 1.82) is 0 Å². The largest absolute Gasteiger partial charge is 0.458 e. The molecule has 4 heteroatoms. The maximum absolute atomic E-state index is 11.4. The van der Waals surface area contributed by atoms with E-state index in [-0.39, 0.29) is 18.5 Å². The fraction of sp³-hybridized carbons (Fsp3) is 0.455. The zero-order valence-corrected chi connectivity index (χ0v) is 9.01. The van der Waals surface area contributed by atoms with Crippen molar-refractivity contribution in [3.8, 4) is 0 Å². The number of nitrogens with two attached hydrogens (primary N) is 1. The maximum Gasteiger partial charge on any atom is 0.323 e. The highest BCUT2D eigenvalue weighted by atomic mass is 16.5. The Morgan fingerprint density at radius 3 is 2.80 bits per heavy atom. The minimum Gasteiger partial charge on any atom is -0.458 e. The molecule has 0 spiro atoms. The van der Waals surface area contributed by atoms with Crippen molar-refractivity contribution < 1.29 is 9.53 Å². The number of ether oxygens (including phenoxy) is 1. The van der Waals surface area contributed by atoms with Crippen LogP contribution in [0.15, 0.2) is 24.4 Å². The van der Waals surface area contributed by atoms with Crippen molar-refractivity contribution in [1.82, 2.24) is 4.98 Å². The molecule has 15 heavy (non-hydrogen) atoms. The number of nitrogens with zero attached hydrogens (tertiary/aromatic N) is 1. The standard InChI is InChI=1S/C11H16N2O2/c1-8(2)10(12)11(14)15-7-9-5-3-4-6-13-9/h3-6,8,10H,7,12H2,1-2H3/t10-/m0/s1. The SMILES string of the molecule is CC(C)[C@H](N)C(=O)OCc1ccccn1. The number of hydrogen-bond donors (Lipinski definition) is 1. The van der Waals surface area contributed by atoms with Crippen molar-refractivity contribution in [2.75, 3.05) is 0 Å². The smallest absolute Gasteiger partial charge is 0.323 e. The van der Waals surface area contributed by atoms with Gasteiger partial charge >= 0.3 is 5.97 Å². The molecule has 1 aromatic heterocycles. The average molecular weight is 208 g/mol. The van der Waals surface area contributed by atoms with E-state index in [0.717, 1.165) is 5.69 Å². The van der Waals surface area contributed by atoms with Crippen molar-refractivity contribution in [3.63, 3.8) is 0 Å². The van der Waals surface area contributed by atoms with E-state index in [2.05, 4.69) is 4.98 Å². The minimum absolute atomic E-state index is 0.0845. The molecule has 0 radical (unpaired) electrons. The molecule has 1 aromatic rings. The molecule has 1 heterocycles. The highest BCUT2D eigenvalue weighted by Crippen LogP contribution is 2.03. The second kappa shape index (κ2) is 5.46. The molecule has 0 amide bonds. The topological polar surface area (TPSA) is 65.2 Å². The van der Waals surface area contributed by atoms with Gasteiger partial charge in [0, 0.05) is 6.20 Å². The van der Waals surface area contributed by atoms with E-state index in [9.17, 15) is 4.79 Å². The fourth-order valence-electron chi connectivity index (χ4n) is 0.997. The summed E-state index contributed by atoms with van der Waals surface area (Å²) in [5.41, 5.74) is 6.35. The van der Waals surface area contributed by atoms with Crippen LogP contribution in [0.4, 0.5) is 0 Å². The molecule has 2 N–H and O–H groups in total. The highest BCUT2D eigenvalue weighted by molar-refractivity contribution is 5.75. The van der Waals surface area contributed by atoms with Crippen molar-refractivity contribution >= 4 is 5.97 Å². The summed E-state index contributed by atoms with van der Waals surface area (Å²) in [7, 11) is 0. The van der Waals surface area contributed by atoms with Crippen LogP contribution < -0.4 is 5.73 Å². The Hall–Kier alpha value is -1.42. The summed E-state index contributed by atoms with van der Waals surface area (Å²) in [5, 5.41) is 0. The Balaban J connectivity index is 2.41. The molecule has 0 aliphatic heterocycles. The first-order valence-corrected chi connectivity index (χ1v) is 4.93. The lowest BCUT2D eigenvalue weighted by molar-refractivity contribution is -0.147. The molecule has 4 nitrogen and oxygen atoms in total. The number of pyridine rings is 1. The molecule has 0 unspecified atom stereocenters. The van der Waals surface area contributed by atoms with Crippen LogP contribution in [0, 0.1) is 5.92 Å². The lowest BCUT2D eigenvalue weighted by Gasteiger charge is -2.13. The van der Waals surface area contributed by atoms with E-state index in [1.54, 1.807) is 12.3 Å². The molecular formula is C11H16N2O2. The van der Waals surface area contributed by atoms with Gasteiger partial charge in [-0.2, -0.15) is 0 Å². The summed E-state index contributed by atoms with van der Waals surface area (Å²) in [4.78, 5) is 15.4. The Morgan fingerprint density at radius 2 is 2.27 bits per heavy atom. The summed E-state index contributed by atoms with van der Waals surface area (Å²) in [6, 6.07) is 4.89. The molecule has 0 saturated heterocycles. The minimum atomic E-state index is -0.561. The molecule has 82 valence electrons. The second-order valence-electron chi connectivity index (χ2n) is 3.70. The predicted molar refractivity (Wildman–Crippen MR) is 56.8 cm³/mol. The number of esters is 1. The quantitative estimate of drug-likeness (QED) is 0.753. The third-order valence-electron chi connectivity index (χ3n) is 2.08. The summed E-state index contributed by atoms with van der Waals surface area (Å²) in [6.45, 7) is 3.94. The van der Waals surface area contributed by atoms with E-state index >= 15 is 0 Å². The van der Waals surface area contributed by atoms with Crippen LogP contribution in [0.1, 0.15) is 19.5 Å². The van der Waals surface area contributed by atoms with Gasteiger partial charge in [0.05, 0.1) is 5.69 Å². The molecule has 0 aromatic carbocycles. The number of hydrogen-bond acceptors (Lipinski definition) is 4. The molecule has 1 rings (SSSR count). The van der Waals surface area contributed by atoms with Crippen LogP contribution in [0.5, 0.6) is 0 Å². The first-order valence-electron chi connectivity index (χ1n) is 4.93. The number of rotatable bonds is 4. The van der Waals surface area contributed by atoms with Crippen LogP contribution in [0.25, 0.3) is 0 Å². The van der Waals surface area contributed by atoms with E-state index in [0.29, 0.717) is 0 Å². The molecule has 0 aliphatic carbocycles. The van der Waals surface area contributed by atoms with E-state index in [1.165, 1.54) is 0 Å². The van der Waals surface area contributed by atoms with Gasteiger partial charge in [-0.05, 0) is 18.1 Å². The number of aromatic nitrogens is 1. The van der Waals surface area contributed by atoms with Crippen molar-refractivity contribution in [3.05, 3.63) is 30.1 Å². The average Bonchev–Trinajstić information content (AvgIpc) is 2.26. The van der Waals surface area contributed by atoms with Gasteiger partial charge in [0.25, 0.3) is 0 Å². The van der Waals surface area contributed by atoms with E-state index in [4.69, 9.17) is 10.5 Å². The normalized spacial score (nSPS) is 12.5. The lowest BCUT2D eigenvalue weighted by Crippen LogP contribution is -2.36. The van der Waals surface area contributed by atoms with E-state index in [1.807, 2.05) is 26.0 Å². The van der Waals surface area contributed by atoms with Crippen LogP contribution in [0.2, 0.25) is 0 Å². The molecule has 1 atom stereocenters. The third-order valence-corrected chi connectivity index (χ3v) is 2.08. The van der Waals surface area contributed by atoms with Gasteiger partial charge in [0.15, 0.2) is 0 Å². The first kappa shape index (κ1) is 11.7. The lowest BCUT2D eigenvalue weighted by atomic mass is 10.1. The molecule has 0 aliphatic rings. The van der Waals surface area contributed by atoms with Crippen molar-refractivity contribution in [2.24, 2.45) is 11.7 Å². The zero-order valence-electron chi connectivity index (χ0n) is 9.01. The van der Waals surface area contributed by atoms with Crippen LogP contribution in [0.3, 0.4) is 0 Å². The Labute approximate surface area is 89.5 Å². The van der Waals surface area contributed by atoms with Gasteiger partial charge < -0.3 is 10.5 Å². The summed E-state index contributed by atoms with van der Waals surface area (Å²) >= 11 is 0. The number of carbonyl (C=O) groups excluding carboxylic acids is 1.